The van der Waals surface area contributed by atoms with Gasteiger partial charge in [-0.3, -0.25) is 13.9 Å². The van der Waals surface area contributed by atoms with Gasteiger partial charge >= 0.3 is 0 Å². The van der Waals surface area contributed by atoms with E-state index in [1.807, 2.05) is 20.8 Å². The third-order valence-corrected chi connectivity index (χ3v) is 7.37. The lowest BCUT2D eigenvalue weighted by molar-refractivity contribution is -0.141. The van der Waals surface area contributed by atoms with Crippen molar-refractivity contribution < 1.29 is 18.0 Å². The second kappa shape index (κ2) is 12.0. The number of sulfonamides is 1. The van der Waals surface area contributed by atoms with Crippen molar-refractivity contribution in [3.63, 3.8) is 0 Å². The lowest BCUT2D eigenvalue weighted by Crippen LogP contribution is -2.55. The number of rotatable bonds is 9. The zero-order valence-corrected chi connectivity index (χ0v) is 24.2. The molecule has 1 atom stereocenters. The van der Waals surface area contributed by atoms with E-state index in [4.69, 9.17) is 23.2 Å². The molecule has 2 aromatic rings. The number of benzene rings is 2. The Hall–Kier alpha value is -1.81. The van der Waals surface area contributed by atoms with Gasteiger partial charge in [-0.1, -0.05) is 58.2 Å². The molecule has 1 unspecified atom stereocenters. The van der Waals surface area contributed by atoms with Crippen LogP contribution in [0.15, 0.2) is 46.9 Å². The number of halogens is 3. The van der Waals surface area contributed by atoms with Crippen LogP contribution in [0.5, 0.6) is 0 Å². The number of nitrogens with zero attached hydrogens (tertiary/aromatic N) is 2. The van der Waals surface area contributed by atoms with E-state index in [0.29, 0.717) is 32.2 Å². The lowest BCUT2D eigenvalue weighted by atomic mass is 10.1. The average Bonchev–Trinajstić information content (AvgIpc) is 2.72. The average molecular weight is 607 g/mol. The van der Waals surface area contributed by atoms with Gasteiger partial charge in [0.25, 0.3) is 0 Å². The van der Waals surface area contributed by atoms with E-state index >= 15 is 0 Å². The maximum Gasteiger partial charge on any atom is 0.244 e. The lowest BCUT2D eigenvalue weighted by Gasteiger charge is -2.34. The maximum absolute atomic E-state index is 13.7. The van der Waals surface area contributed by atoms with Gasteiger partial charge in [0.1, 0.15) is 12.6 Å². The molecule has 0 fully saturated rings. The van der Waals surface area contributed by atoms with Crippen molar-refractivity contribution in [2.75, 3.05) is 17.1 Å². The number of hydrogen-bond donors (Lipinski definition) is 1. The van der Waals surface area contributed by atoms with Gasteiger partial charge in [0.05, 0.1) is 22.0 Å². The molecular weight excluding hydrogens is 577 g/mol. The minimum Gasteiger partial charge on any atom is -0.350 e. The van der Waals surface area contributed by atoms with E-state index in [2.05, 4.69) is 21.2 Å². The molecule has 11 heteroatoms. The molecule has 0 aliphatic carbocycles. The molecule has 0 saturated heterocycles. The summed E-state index contributed by atoms with van der Waals surface area (Å²) in [5.41, 5.74) is 0.470. The molecule has 2 rings (SSSR count). The first-order valence-electron chi connectivity index (χ1n) is 10.9. The topological polar surface area (TPSA) is 86.8 Å². The fraction of sp³-hybridized carbons (Fsp3) is 0.417. The van der Waals surface area contributed by atoms with E-state index in [-0.39, 0.29) is 12.5 Å². The first-order valence-corrected chi connectivity index (χ1v) is 14.3. The van der Waals surface area contributed by atoms with Crippen LogP contribution in [-0.2, 0) is 26.2 Å². The van der Waals surface area contributed by atoms with Crippen molar-refractivity contribution in [1.82, 2.24) is 10.2 Å². The zero-order valence-electron chi connectivity index (χ0n) is 20.3. The van der Waals surface area contributed by atoms with Gasteiger partial charge in [-0.25, -0.2) is 8.42 Å². The highest BCUT2D eigenvalue weighted by Gasteiger charge is 2.33. The molecule has 0 aliphatic heterocycles. The molecule has 192 valence electrons. The molecule has 0 radical (unpaired) electrons. The summed E-state index contributed by atoms with van der Waals surface area (Å²) in [6.45, 7) is 6.91. The van der Waals surface area contributed by atoms with Crippen molar-refractivity contribution in [3.05, 3.63) is 62.5 Å². The molecule has 0 aromatic heterocycles. The predicted octanol–water partition coefficient (Wildman–Crippen LogP) is 5.24. The third-order valence-electron chi connectivity index (χ3n) is 5.00. The summed E-state index contributed by atoms with van der Waals surface area (Å²) in [7, 11) is -3.80. The number of hydrogen-bond acceptors (Lipinski definition) is 4. The number of amides is 2. The van der Waals surface area contributed by atoms with Crippen LogP contribution in [0, 0.1) is 0 Å². The third kappa shape index (κ3) is 8.66. The largest absolute Gasteiger partial charge is 0.350 e. The molecule has 0 bridgehead atoms. The molecule has 0 spiro atoms. The summed E-state index contributed by atoms with van der Waals surface area (Å²) in [6.07, 6.45) is 1.36. The van der Waals surface area contributed by atoms with Gasteiger partial charge in [0.2, 0.25) is 21.8 Å². The fourth-order valence-corrected chi connectivity index (χ4v) is 5.00. The molecule has 0 heterocycles. The Morgan fingerprint density at radius 3 is 2.26 bits per heavy atom. The van der Waals surface area contributed by atoms with Gasteiger partial charge < -0.3 is 10.2 Å². The first-order chi connectivity index (χ1) is 16.1. The Kier molecular flexibility index (Phi) is 10.0. The Morgan fingerprint density at radius 1 is 1.09 bits per heavy atom. The van der Waals surface area contributed by atoms with Crippen LogP contribution in [0.3, 0.4) is 0 Å². The SMILES string of the molecule is CCC(C(=O)NC(C)(C)C)N(Cc1ccc(Cl)c(Cl)c1)C(=O)CN(c1cccc(Br)c1)S(C)(=O)=O. The van der Waals surface area contributed by atoms with Crippen molar-refractivity contribution in [1.29, 1.82) is 0 Å². The summed E-state index contributed by atoms with van der Waals surface area (Å²) >= 11 is 15.5. The summed E-state index contributed by atoms with van der Waals surface area (Å²) < 4.78 is 27.0. The van der Waals surface area contributed by atoms with Gasteiger partial charge in [0, 0.05) is 16.6 Å². The van der Waals surface area contributed by atoms with Gasteiger partial charge in [0.15, 0.2) is 0 Å². The number of carbonyl (C=O) groups excluding carboxylic acids is 2. The van der Waals surface area contributed by atoms with E-state index in [9.17, 15) is 18.0 Å². The molecule has 35 heavy (non-hydrogen) atoms. The Bertz CT molecular complexity index is 1190. The fourth-order valence-electron chi connectivity index (χ4n) is 3.45. The molecule has 0 saturated carbocycles. The predicted molar refractivity (Wildman–Crippen MR) is 145 cm³/mol. The van der Waals surface area contributed by atoms with Crippen molar-refractivity contribution in [2.24, 2.45) is 0 Å². The highest BCUT2D eigenvalue weighted by atomic mass is 79.9. The van der Waals surface area contributed by atoms with Crippen LogP contribution in [0.2, 0.25) is 10.0 Å². The summed E-state index contributed by atoms with van der Waals surface area (Å²) in [5.74, 6) is -0.862. The zero-order chi connectivity index (χ0) is 26.6. The summed E-state index contributed by atoms with van der Waals surface area (Å²) in [6, 6.07) is 10.8. The normalized spacial score (nSPS) is 12.7. The highest BCUT2D eigenvalue weighted by Crippen LogP contribution is 2.26. The molecule has 2 aromatic carbocycles. The minimum absolute atomic E-state index is 0.0435. The van der Waals surface area contributed by atoms with E-state index in [0.717, 1.165) is 10.6 Å². The van der Waals surface area contributed by atoms with Crippen LogP contribution in [0.25, 0.3) is 0 Å². The van der Waals surface area contributed by atoms with Crippen LogP contribution in [0.4, 0.5) is 5.69 Å². The molecule has 0 aliphatic rings. The Morgan fingerprint density at radius 2 is 1.74 bits per heavy atom. The monoisotopic (exact) mass is 605 g/mol. The summed E-state index contributed by atoms with van der Waals surface area (Å²) in [4.78, 5) is 28.2. The highest BCUT2D eigenvalue weighted by molar-refractivity contribution is 9.10. The number of nitrogens with one attached hydrogen (secondary N) is 1. The maximum atomic E-state index is 13.7. The van der Waals surface area contributed by atoms with Gasteiger partial charge in [-0.2, -0.15) is 0 Å². The second-order valence-electron chi connectivity index (χ2n) is 9.18. The Labute approximate surface area is 225 Å². The smallest absolute Gasteiger partial charge is 0.244 e. The molecule has 1 N–H and O–H groups in total. The van der Waals surface area contributed by atoms with E-state index in [1.165, 1.54) is 4.90 Å². The minimum atomic E-state index is -3.80. The molecular formula is C24H30BrCl2N3O4S. The van der Waals surface area contributed by atoms with Crippen molar-refractivity contribution in [2.45, 2.75) is 52.2 Å². The van der Waals surface area contributed by atoms with Crippen molar-refractivity contribution >= 4 is 66.7 Å². The van der Waals surface area contributed by atoms with Crippen LogP contribution in [-0.4, -0.2) is 49.5 Å². The van der Waals surface area contributed by atoms with E-state index < -0.39 is 34.1 Å². The van der Waals surface area contributed by atoms with Crippen molar-refractivity contribution in [3.8, 4) is 0 Å². The quantitative estimate of drug-likeness (QED) is 0.423. The molecule has 2 amide bonds. The second-order valence-corrected chi connectivity index (χ2v) is 12.8. The molecule has 7 nitrogen and oxygen atoms in total. The van der Waals surface area contributed by atoms with Crippen LogP contribution in [0.1, 0.15) is 39.7 Å². The first kappa shape index (κ1) is 29.4. The summed E-state index contributed by atoms with van der Waals surface area (Å²) in [5, 5.41) is 3.60. The Balaban J connectivity index is 2.48. The van der Waals surface area contributed by atoms with Crippen LogP contribution >= 0.6 is 39.1 Å². The van der Waals surface area contributed by atoms with Gasteiger partial charge in [-0.05, 0) is 63.1 Å². The number of carbonyl (C=O) groups is 2. The van der Waals surface area contributed by atoms with Gasteiger partial charge in [-0.15, -0.1) is 0 Å². The van der Waals surface area contributed by atoms with E-state index in [1.54, 1.807) is 49.4 Å². The number of anilines is 1. The standard InChI is InChI=1S/C24H30BrCl2N3O4S/c1-6-21(23(32)28-24(2,3)4)29(14-16-10-11-19(26)20(27)12-16)22(31)15-30(35(5,33)34)18-9-7-8-17(25)13-18/h7-13,21H,6,14-15H2,1-5H3,(H,28,32). The van der Waals surface area contributed by atoms with Crippen LogP contribution < -0.4 is 9.62 Å².